The molecule has 1 spiro atoms. The molecular formula is C85H95N11O16. The number of nitrogens with one attached hydrogen (secondary N) is 2. The van der Waals surface area contributed by atoms with E-state index < -0.39 is 54.7 Å². The van der Waals surface area contributed by atoms with E-state index in [1.807, 2.05) is 104 Å². The van der Waals surface area contributed by atoms with Crippen LogP contribution < -0.4 is 44.1 Å². The molecule has 8 heterocycles. The monoisotopic (exact) mass is 1530 g/mol. The molecule has 2 saturated heterocycles. The van der Waals surface area contributed by atoms with Crippen molar-refractivity contribution in [3.8, 4) is 51.4 Å². The third kappa shape index (κ3) is 16.1. The third-order valence-electron chi connectivity index (χ3n) is 22.9. The molecule has 0 radical (unpaired) electrons. The summed E-state index contributed by atoms with van der Waals surface area (Å²) in [4.78, 5) is 138. The van der Waals surface area contributed by atoms with Crippen LogP contribution in [0.1, 0.15) is 166 Å². The van der Waals surface area contributed by atoms with E-state index in [-0.39, 0.29) is 140 Å². The number of carbonyl (C=O) groups excluding carboxylic acids is 9. The number of Topliss-reactive ketones (excluding diaryl/α,β-unsaturated/α-hetero) is 2. The molecule has 27 heteroatoms. The second kappa shape index (κ2) is 33.2. The van der Waals surface area contributed by atoms with E-state index in [4.69, 9.17) is 28.4 Å². The Morgan fingerprint density at radius 2 is 1.44 bits per heavy atom. The van der Waals surface area contributed by atoms with Gasteiger partial charge >= 0.3 is 6.09 Å². The maximum absolute atomic E-state index is 14.6. The third-order valence-corrected chi connectivity index (χ3v) is 22.9. The number of para-hydroxylation sites is 1. The number of aliphatic hydroxyl groups is 1. The fraction of sp³-hybridized carbons (Fsp3) is 0.435. The molecule has 3 fully saturated rings. The van der Waals surface area contributed by atoms with Crippen molar-refractivity contribution in [2.45, 2.75) is 174 Å². The molecule has 586 valence electrons. The number of ketones is 2. The Kier molecular flexibility index (Phi) is 22.9. The molecule has 5 aromatic carbocycles. The van der Waals surface area contributed by atoms with Crippen molar-refractivity contribution < 1.29 is 76.7 Å². The summed E-state index contributed by atoms with van der Waals surface area (Å²) in [5.41, 5.74) is 9.33. The van der Waals surface area contributed by atoms with Crippen LogP contribution in [0.2, 0.25) is 0 Å². The maximum Gasteiger partial charge on any atom is 0.416 e. The van der Waals surface area contributed by atoms with Gasteiger partial charge in [-0.3, -0.25) is 38.4 Å². The highest BCUT2D eigenvalue weighted by Crippen LogP contribution is 2.57. The highest BCUT2D eigenvalue weighted by molar-refractivity contribution is 6.07. The highest BCUT2D eigenvalue weighted by Gasteiger charge is 2.58. The summed E-state index contributed by atoms with van der Waals surface area (Å²) in [6.07, 6.45) is 6.83. The van der Waals surface area contributed by atoms with E-state index in [1.54, 1.807) is 59.5 Å². The topological polar surface area (TPSA) is 313 Å². The van der Waals surface area contributed by atoms with E-state index in [2.05, 4.69) is 25.9 Å². The van der Waals surface area contributed by atoms with Gasteiger partial charge in [-0.1, -0.05) is 92.2 Å². The molecular weight excluding hydrogens is 1430 g/mol. The van der Waals surface area contributed by atoms with Crippen LogP contribution in [0.25, 0.3) is 28.1 Å². The summed E-state index contributed by atoms with van der Waals surface area (Å²) < 4.78 is 37.3. The number of anilines is 2. The van der Waals surface area contributed by atoms with Crippen molar-refractivity contribution in [3.05, 3.63) is 161 Å². The molecule has 3 N–H and O–H groups in total. The number of rotatable bonds is 28. The fourth-order valence-electron chi connectivity index (χ4n) is 16.3. The maximum atomic E-state index is 14.6. The number of carbonyl (C=O) groups is 9. The van der Waals surface area contributed by atoms with Crippen LogP contribution in [0.3, 0.4) is 0 Å². The number of benzene rings is 5. The minimum absolute atomic E-state index is 0.0229. The lowest BCUT2D eigenvalue weighted by molar-refractivity contribution is -0.139. The fourth-order valence-corrected chi connectivity index (χ4v) is 16.3. The van der Waals surface area contributed by atoms with Crippen LogP contribution in [-0.4, -0.2) is 177 Å². The summed E-state index contributed by atoms with van der Waals surface area (Å²) in [7, 11) is 4.55. The van der Waals surface area contributed by atoms with Crippen molar-refractivity contribution in [3.63, 3.8) is 0 Å². The lowest BCUT2D eigenvalue weighted by Gasteiger charge is -2.31. The van der Waals surface area contributed by atoms with Crippen molar-refractivity contribution in [2.75, 3.05) is 64.0 Å². The summed E-state index contributed by atoms with van der Waals surface area (Å²) in [5, 5.41) is 26.9. The van der Waals surface area contributed by atoms with Crippen molar-refractivity contribution >= 4 is 70.1 Å². The number of hydrogen-bond acceptors (Lipinski definition) is 19. The Morgan fingerprint density at radius 1 is 0.723 bits per heavy atom. The number of nitrogens with zero attached hydrogens (tertiary/aromatic N) is 9. The van der Waals surface area contributed by atoms with Gasteiger partial charge in [0.1, 0.15) is 24.1 Å². The lowest BCUT2D eigenvalue weighted by Crippen LogP contribution is -2.54. The zero-order valence-corrected chi connectivity index (χ0v) is 64.2. The van der Waals surface area contributed by atoms with E-state index in [0.29, 0.717) is 96.9 Å². The number of aryl methyl sites for hydroxylation is 1. The van der Waals surface area contributed by atoms with Gasteiger partial charge in [-0.2, -0.15) is 0 Å². The number of aliphatic hydroxyl groups excluding tert-OH is 1. The van der Waals surface area contributed by atoms with Crippen molar-refractivity contribution in [2.24, 2.45) is 11.3 Å². The van der Waals surface area contributed by atoms with Crippen LogP contribution >= 0.6 is 0 Å². The average Bonchev–Trinajstić information content (AvgIpc) is 1.53. The first-order valence-electron chi connectivity index (χ1n) is 38.7. The SMILES string of the molecule is CC[C@H](C)[C@H](NC(=O)[C@H]1CCCN1C(=O)CNC(=O)CCC(=O)CCC(=O)N1Cc2ccccc2-c2c(nnn2C(C)C)-c2ccccc21)C(=O)Cc1ccc(COC(=O)N2c3cc(OCCCOc4cc5c(cc4OC)C(=O)N4C=C(c6ccc(OC)nc6)C[C@H]4CC5)c(OC)cc3C(=O)N3CC4(CC4)C[C@H]3C2O)cc1. The van der Waals surface area contributed by atoms with Gasteiger partial charge in [-0.25, -0.2) is 19.4 Å². The Morgan fingerprint density at radius 3 is 2.15 bits per heavy atom. The van der Waals surface area contributed by atoms with Gasteiger partial charge in [-0.15, -0.1) is 5.10 Å². The summed E-state index contributed by atoms with van der Waals surface area (Å²) in [6, 6.07) is 30.1. The van der Waals surface area contributed by atoms with E-state index in [9.17, 15) is 48.3 Å². The molecule has 7 aliphatic rings. The zero-order valence-electron chi connectivity index (χ0n) is 64.2. The molecule has 7 amide bonds. The van der Waals surface area contributed by atoms with Gasteiger partial charge in [0.05, 0.1) is 82.3 Å². The van der Waals surface area contributed by atoms with Crippen molar-refractivity contribution in [1.82, 2.24) is 45.3 Å². The predicted molar refractivity (Wildman–Crippen MR) is 413 cm³/mol. The number of fused-ring (bicyclic) bond motifs is 9. The zero-order chi connectivity index (χ0) is 78.6. The molecule has 1 unspecified atom stereocenters. The lowest BCUT2D eigenvalue weighted by atomic mass is 9.91. The largest absolute Gasteiger partial charge is 0.493 e. The molecule has 14 rings (SSSR count). The molecule has 0 bridgehead atoms. The van der Waals surface area contributed by atoms with Gasteiger partial charge < -0.3 is 63.8 Å². The number of hydrogen-bond donors (Lipinski definition) is 3. The first-order valence-corrected chi connectivity index (χ1v) is 38.7. The van der Waals surface area contributed by atoms with Crippen LogP contribution in [0.5, 0.6) is 28.9 Å². The Bertz CT molecular complexity index is 4820. The summed E-state index contributed by atoms with van der Waals surface area (Å²) in [5.74, 6) is -1.25. The minimum atomic E-state index is -1.49. The van der Waals surface area contributed by atoms with Gasteiger partial charge in [0.15, 0.2) is 35.0 Å². The Balaban J connectivity index is 0.556. The number of methoxy groups -OCH3 is 3. The molecule has 112 heavy (non-hydrogen) atoms. The predicted octanol–water partition coefficient (Wildman–Crippen LogP) is 10.6. The van der Waals surface area contributed by atoms with E-state index >= 15 is 0 Å². The van der Waals surface area contributed by atoms with Crippen molar-refractivity contribution in [1.29, 1.82) is 0 Å². The molecule has 6 atom stereocenters. The average molecular weight is 1530 g/mol. The Hall–Kier alpha value is -11.5. The number of aromatic nitrogens is 4. The van der Waals surface area contributed by atoms with Crippen LogP contribution in [0.15, 0.2) is 122 Å². The summed E-state index contributed by atoms with van der Waals surface area (Å²) in [6.45, 7) is 8.46. The number of likely N-dealkylation sites (tertiary alicyclic amines) is 1. The van der Waals surface area contributed by atoms with Crippen LogP contribution in [0.4, 0.5) is 16.2 Å². The number of ether oxygens (including phenoxy) is 6. The smallest absolute Gasteiger partial charge is 0.416 e. The van der Waals surface area contributed by atoms with Gasteiger partial charge in [0, 0.05) is 105 Å². The van der Waals surface area contributed by atoms with Crippen LogP contribution in [-0.2, 0) is 59.5 Å². The van der Waals surface area contributed by atoms with E-state index in [1.165, 1.54) is 31.3 Å². The second-order valence-electron chi connectivity index (χ2n) is 30.5. The van der Waals surface area contributed by atoms with E-state index in [0.717, 1.165) is 63.2 Å². The second-order valence-corrected chi connectivity index (χ2v) is 30.5. The molecule has 6 aliphatic heterocycles. The highest BCUT2D eigenvalue weighted by atomic mass is 16.6. The summed E-state index contributed by atoms with van der Waals surface area (Å²) >= 11 is 0. The minimum Gasteiger partial charge on any atom is -0.493 e. The first kappa shape index (κ1) is 77.3. The number of pyridine rings is 1. The normalized spacial score (nSPS) is 18.9. The molecule has 7 aromatic rings. The molecule has 2 aromatic heterocycles. The van der Waals surface area contributed by atoms with Gasteiger partial charge in [0.25, 0.3) is 11.8 Å². The quantitative estimate of drug-likeness (QED) is 0.0384. The molecule has 1 saturated carbocycles. The molecule has 27 nitrogen and oxygen atoms in total. The Labute approximate surface area is 649 Å². The number of amides is 7. The van der Waals surface area contributed by atoms with Gasteiger partial charge in [-0.05, 0) is 140 Å². The van der Waals surface area contributed by atoms with Crippen LogP contribution in [0, 0.1) is 11.3 Å². The first-order chi connectivity index (χ1) is 54.1. The van der Waals surface area contributed by atoms with Gasteiger partial charge in [0.2, 0.25) is 29.5 Å². The molecule has 1 aliphatic carbocycles. The standard InChI is InChI=1S/C85H95N11O16/c1-8-51(4)77(88-80(102)65-19-13-34-91(65)76(101)45-86-73(99)29-27-59(97)28-31-75(100)93-46-56-15-9-10-16-60(56)79-78(89-90-96(79)50(2)3)61-17-11-12-18-64(61)93)68(98)37-52-20-22-53(23-21-52)48-112-84(106)95-66-42-72(70(108-6)41-63(66)82(104)94-49-85(32-33-85)43-67(94)83(95)105)111-36-14-35-110-71-39-54-24-26-58-38-57(55-25-30-74(109-7)87-44-55)47-92(58)81(103)62(54)40-69(71)107-5/h9-12,15-18,20-23,25,30,39-42,44,47,50-51,58,65,67,77,83,105H,8,13-14,19,24,26-29,31-38,43,45-46,48-49H2,1-7H3,(H,86,99)(H,88,102)/t51-,58+,65+,67-,77-,83?/m0/s1.